The Bertz CT molecular complexity index is 612. The summed E-state index contributed by atoms with van der Waals surface area (Å²) in [4.78, 5) is 4.54. The molecule has 0 spiro atoms. The fourth-order valence-electron chi connectivity index (χ4n) is 2.32. The highest BCUT2D eigenvalue weighted by Crippen LogP contribution is 2.36. The molecule has 1 aromatic heterocycles. The van der Waals surface area contributed by atoms with Gasteiger partial charge >= 0.3 is 0 Å². The lowest BCUT2D eigenvalue weighted by Gasteiger charge is -2.15. The molecule has 0 bridgehead atoms. The van der Waals surface area contributed by atoms with Crippen LogP contribution < -0.4 is 5.73 Å². The summed E-state index contributed by atoms with van der Waals surface area (Å²) < 4.78 is 16.0. The van der Waals surface area contributed by atoms with E-state index in [2.05, 4.69) is 4.98 Å². The maximum Gasteiger partial charge on any atom is 0.134 e. The largest absolute Gasteiger partial charge is 0.383 e. The average Bonchev–Trinajstić information content (AvgIpc) is 2.67. The van der Waals surface area contributed by atoms with E-state index < -0.39 is 5.82 Å². The molecule has 1 aromatic carbocycles. The molecule has 0 aliphatic rings. The van der Waals surface area contributed by atoms with Gasteiger partial charge in [0, 0.05) is 12.0 Å². The standard InChI is InChI=1S/C15H19ClFN3/c1-8(2)15-19-13(14(18)20(15)9(3)4)12-10(16)6-5-7-11(12)17/h5-9H,18H2,1-4H3. The molecule has 3 nitrogen and oxygen atoms in total. The van der Waals surface area contributed by atoms with Crippen molar-refractivity contribution in [2.24, 2.45) is 0 Å². The SMILES string of the molecule is CC(C)c1nc(-c2c(F)cccc2Cl)c(N)n1C(C)C. The number of nitrogens with zero attached hydrogens (tertiary/aromatic N) is 2. The predicted octanol–water partition coefficient (Wildman–Crippen LogP) is 4.63. The molecule has 20 heavy (non-hydrogen) atoms. The van der Waals surface area contributed by atoms with Gasteiger partial charge in [-0.15, -0.1) is 0 Å². The normalized spacial score (nSPS) is 11.6. The second-order valence-corrected chi connectivity index (χ2v) is 5.83. The van der Waals surface area contributed by atoms with Gasteiger partial charge in [0.05, 0.1) is 10.6 Å². The molecule has 1 heterocycles. The van der Waals surface area contributed by atoms with Gasteiger partial charge < -0.3 is 10.3 Å². The number of imidazole rings is 1. The van der Waals surface area contributed by atoms with E-state index in [1.807, 2.05) is 32.3 Å². The number of anilines is 1. The van der Waals surface area contributed by atoms with Crippen LogP contribution in [0.25, 0.3) is 11.3 Å². The third kappa shape index (κ3) is 2.40. The van der Waals surface area contributed by atoms with Crippen LogP contribution >= 0.6 is 11.6 Å². The molecule has 2 rings (SSSR count). The first-order valence-corrected chi connectivity index (χ1v) is 7.04. The molecule has 0 aliphatic heterocycles. The zero-order valence-corrected chi connectivity index (χ0v) is 12.9. The summed E-state index contributed by atoms with van der Waals surface area (Å²) in [6, 6.07) is 4.73. The molecular formula is C15H19ClFN3. The van der Waals surface area contributed by atoms with E-state index in [1.165, 1.54) is 6.07 Å². The molecule has 2 aromatic rings. The molecule has 0 amide bonds. The first-order chi connectivity index (χ1) is 9.34. The molecule has 5 heteroatoms. The summed E-state index contributed by atoms with van der Waals surface area (Å²) in [5.41, 5.74) is 6.88. The van der Waals surface area contributed by atoms with E-state index >= 15 is 0 Å². The molecule has 0 saturated heterocycles. The lowest BCUT2D eigenvalue weighted by molar-refractivity contribution is 0.556. The Balaban J connectivity index is 2.73. The molecule has 0 radical (unpaired) electrons. The van der Waals surface area contributed by atoms with E-state index in [1.54, 1.807) is 12.1 Å². The monoisotopic (exact) mass is 295 g/mol. The molecule has 0 fully saturated rings. The van der Waals surface area contributed by atoms with Gasteiger partial charge in [-0.05, 0) is 26.0 Å². The Hall–Kier alpha value is -1.55. The van der Waals surface area contributed by atoms with Crippen molar-refractivity contribution in [2.45, 2.75) is 39.7 Å². The molecule has 0 aliphatic carbocycles. The summed E-state index contributed by atoms with van der Waals surface area (Å²) in [6.45, 7) is 8.12. The van der Waals surface area contributed by atoms with Gasteiger partial charge in [-0.25, -0.2) is 9.37 Å². The van der Waals surface area contributed by atoms with E-state index in [-0.39, 0.29) is 17.5 Å². The Morgan fingerprint density at radius 1 is 1.25 bits per heavy atom. The zero-order chi connectivity index (χ0) is 15.0. The fourth-order valence-corrected chi connectivity index (χ4v) is 2.57. The summed E-state index contributed by atoms with van der Waals surface area (Å²) in [5, 5.41) is 0.320. The van der Waals surface area contributed by atoms with Crippen LogP contribution in [0.2, 0.25) is 5.02 Å². The molecule has 2 N–H and O–H groups in total. The Kier molecular flexibility index (Phi) is 4.04. The molecular weight excluding hydrogens is 277 g/mol. The van der Waals surface area contributed by atoms with E-state index in [0.717, 1.165) is 5.82 Å². The summed E-state index contributed by atoms with van der Waals surface area (Å²) in [5.74, 6) is 1.08. The van der Waals surface area contributed by atoms with Crippen molar-refractivity contribution >= 4 is 17.4 Å². The average molecular weight is 296 g/mol. The van der Waals surface area contributed by atoms with E-state index in [0.29, 0.717) is 16.5 Å². The maximum atomic E-state index is 14.1. The first kappa shape index (κ1) is 14.9. The third-order valence-corrected chi connectivity index (χ3v) is 3.52. The van der Waals surface area contributed by atoms with Crippen LogP contribution in [0.15, 0.2) is 18.2 Å². The summed E-state index contributed by atoms with van der Waals surface area (Å²) in [6.07, 6.45) is 0. The first-order valence-electron chi connectivity index (χ1n) is 6.66. The Morgan fingerprint density at radius 2 is 1.90 bits per heavy atom. The van der Waals surface area contributed by atoms with Gasteiger partial charge in [0.2, 0.25) is 0 Å². The van der Waals surface area contributed by atoms with E-state index in [9.17, 15) is 4.39 Å². The van der Waals surface area contributed by atoms with Crippen molar-refractivity contribution < 1.29 is 4.39 Å². The van der Waals surface area contributed by atoms with Crippen molar-refractivity contribution in [2.75, 3.05) is 5.73 Å². The van der Waals surface area contributed by atoms with Gasteiger partial charge in [-0.1, -0.05) is 31.5 Å². The summed E-state index contributed by atoms with van der Waals surface area (Å²) in [7, 11) is 0. The number of benzene rings is 1. The maximum absolute atomic E-state index is 14.1. The van der Waals surface area contributed by atoms with Gasteiger partial charge in [0.25, 0.3) is 0 Å². The van der Waals surface area contributed by atoms with Crippen LogP contribution in [0.5, 0.6) is 0 Å². The highest BCUT2D eigenvalue weighted by atomic mass is 35.5. The lowest BCUT2D eigenvalue weighted by atomic mass is 10.1. The highest BCUT2D eigenvalue weighted by Gasteiger charge is 2.23. The van der Waals surface area contributed by atoms with Crippen LogP contribution in [0.4, 0.5) is 10.2 Å². The zero-order valence-electron chi connectivity index (χ0n) is 12.1. The van der Waals surface area contributed by atoms with Crippen LogP contribution in [-0.2, 0) is 0 Å². The highest BCUT2D eigenvalue weighted by molar-refractivity contribution is 6.33. The second kappa shape index (κ2) is 5.44. The van der Waals surface area contributed by atoms with Crippen LogP contribution in [-0.4, -0.2) is 9.55 Å². The number of nitrogens with two attached hydrogens (primary N) is 1. The molecule has 0 atom stereocenters. The summed E-state index contributed by atoms with van der Waals surface area (Å²) >= 11 is 6.11. The van der Waals surface area contributed by atoms with Gasteiger partial charge in [0.15, 0.2) is 0 Å². The van der Waals surface area contributed by atoms with Crippen LogP contribution in [0.3, 0.4) is 0 Å². The van der Waals surface area contributed by atoms with Gasteiger partial charge in [-0.2, -0.15) is 0 Å². The lowest BCUT2D eigenvalue weighted by Crippen LogP contribution is -2.10. The number of halogens is 2. The van der Waals surface area contributed by atoms with E-state index in [4.69, 9.17) is 17.3 Å². The van der Waals surface area contributed by atoms with Gasteiger partial charge in [0.1, 0.15) is 23.2 Å². The van der Waals surface area contributed by atoms with Crippen LogP contribution in [0, 0.1) is 5.82 Å². The number of hydrogen-bond donors (Lipinski definition) is 1. The van der Waals surface area contributed by atoms with Crippen LogP contribution in [0.1, 0.15) is 45.5 Å². The quantitative estimate of drug-likeness (QED) is 0.897. The minimum atomic E-state index is -0.409. The van der Waals surface area contributed by atoms with Crippen molar-refractivity contribution in [1.29, 1.82) is 0 Å². The minimum absolute atomic E-state index is 0.152. The number of aromatic nitrogens is 2. The fraction of sp³-hybridized carbons (Fsp3) is 0.400. The van der Waals surface area contributed by atoms with Crippen molar-refractivity contribution in [3.63, 3.8) is 0 Å². The Labute approximate surface area is 123 Å². The smallest absolute Gasteiger partial charge is 0.134 e. The third-order valence-electron chi connectivity index (χ3n) is 3.21. The molecule has 0 unspecified atom stereocenters. The number of hydrogen-bond acceptors (Lipinski definition) is 2. The van der Waals surface area contributed by atoms with Crippen molar-refractivity contribution in [3.8, 4) is 11.3 Å². The second-order valence-electron chi connectivity index (χ2n) is 5.42. The van der Waals surface area contributed by atoms with Crippen molar-refractivity contribution in [1.82, 2.24) is 9.55 Å². The molecule has 0 saturated carbocycles. The Morgan fingerprint density at radius 3 is 2.35 bits per heavy atom. The number of nitrogen functional groups attached to an aromatic ring is 1. The number of rotatable bonds is 3. The molecule has 108 valence electrons. The van der Waals surface area contributed by atoms with Gasteiger partial charge in [-0.3, -0.25) is 0 Å². The predicted molar refractivity (Wildman–Crippen MR) is 81.5 cm³/mol. The van der Waals surface area contributed by atoms with Crippen molar-refractivity contribution in [3.05, 3.63) is 34.9 Å². The topological polar surface area (TPSA) is 43.8 Å². The minimum Gasteiger partial charge on any atom is -0.383 e.